The minimum absolute atomic E-state index is 0.00429. The van der Waals surface area contributed by atoms with Crippen LogP contribution in [-0.4, -0.2) is 5.54 Å². The molecule has 0 saturated carbocycles. The van der Waals surface area contributed by atoms with Gasteiger partial charge < -0.3 is 5.32 Å². The predicted octanol–water partition coefficient (Wildman–Crippen LogP) is 5.57. The third-order valence-electron chi connectivity index (χ3n) is 3.32. The molecule has 1 unspecified atom stereocenters. The molecule has 0 amide bonds. The third kappa shape index (κ3) is 6.08. The maximum absolute atomic E-state index is 12.6. The van der Waals surface area contributed by atoms with Gasteiger partial charge in [-0.15, -0.1) is 0 Å². The second kappa shape index (κ2) is 5.99. The molecule has 0 radical (unpaired) electrons. The quantitative estimate of drug-likeness (QED) is 0.766. The van der Waals surface area contributed by atoms with Gasteiger partial charge >= 0.3 is 6.18 Å². The molecule has 1 rings (SSSR count). The van der Waals surface area contributed by atoms with Gasteiger partial charge in [0.05, 0.1) is 5.56 Å². The first-order valence-corrected chi connectivity index (χ1v) is 7.25. The molecule has 0 fully saturated rings. The maximum atomic E-state index is 12.6. The van der Waals surface area contributed by atoms with Crippen LogP contribution in [0.1, 0.15) is 65.1 Å². The summed E-state index contributed by atoms with van der Waals surface area (Å²) in [7, 11) is 0. The van der Waals surface area contributed by atoms with Crippen molar-refractivity contribution in [2.75, 3.05) is 0 Å². The number of alkyl halides is 3. The fraction of sp³-hybridized carbons (Fsp3) is 0.647. The van der Waals surface area contributed by atoms with Crippen molar-refractivity contribution in [2.24, 2.45) is 5.41 Å². The topological polar surface area (TPSA) is 12.0 Å². The first-order valence-electron chi connectivity index (χ1n) is 7.25. The molecule has 4 heteroatoms. The van der Waals surface area contributed by atoms with Gasteiger partial charge in [0, 0.05) is 11.6 Å². The van der Waals surface area contributed by atoms with Crippen LogP contribution in [0.3, 0.4) is 0 Å². The summed E-state index contributed by atoms with van der Waals surface area (Å²) in [6.45, 7) is 12.8. The van der Waals surface area contributed by atoms with Gasteiger partial charge in [-0.1, -0.05) is 32.9 Å². The van der Waals surface area contributed by atoms with Gasteiger partial charge in [0.1, 0.15) is 0 Å². The standard InChI is InChI=1S/C17H26F3N/c1-12(21-16(5,6)11-15(2,3)4)13-7-9-14(10-8-13)17(18,19)20/h7-10,12,21H,11H2,1-6H3. The number of rotatable bonds is 4. The summed E-state index contributed by atoms with van der Waals surface area (Å²) in [5.41, 5.74) is 0.369. The highest BCUT2D eigenvalue weighted by Crippen LogP contribution is 2.31. The zero-order valence-corrected chi connectivity index (χ0v) is 13.7. The van der Waals surface area contributed by atoms with Gasteiger partial charge in [0.2, 0.25) is 0 Å². The average Bonchev–Trinajstić information content (AvgIpc) is 2.23. The Labute approximate surface area is 125 Å². The van der Waals surface area contributed by atoms with Crippen molar-refractivity contribution in [1.29, 1.82) is 0 Å². The second-order valence-electron chi connectivity index (χ2n) is 7.61. The normalized spacial score (nSPS) is 15.1. The molecular formula is C17H26F3N. The minimum atomic E-state index is -4.28. The third-order valence-corrected chi connectivity index (χ3v) is 3.32. The Morgan fingerprint density at radius 2 is 1.43 bits per heavy atom. The number of hydrogen-bond acceptors (Lipinski definition) is 1. The van der Waals surface area contributed by atoms with Gasteiger partial charge in [0.25, 0.3) is 0 Å². The summed E-state index contributed by atoms with van der Waals surface area (Å²) in [5, 5.41) is 3.51. The molecule has 0 spiro atoms. The second-order valence-corrected chi connectivity index (χ2v) is 7.61. The fourth-order valence-corrected chi connectivity index (χ4v) is 3.01. The average molecular weight is 301 g/mol. The van der Waals surface area contributed by atoms with Crippen LogP contribution in [0.2, 0.25) is 0 Å². The molecule has 0 aliphatic rings. The zero-order valence-electron chi connectivity index (χ0n) is 13.7. The van der Waals surface area contributed by atoms with Crippen molar-refractivity contribution in [1.82, 2.24) is 5.32 Å². The van der Waals surface area contributed by atoms with Gasteiger partial charge in [-0.05, 0) is 50.3 Å². The van der Waals surface area contributed by atoms with E-state index in [1.54, 1.807) is 12.1 Å². The van der Waals surface area contributed by atoms with E-state index in [9.17, 15) is 13.2 Å². The Bertz CT molecular complexity index is 452. The van der Waals surface area contributed by atoms with Crippen molar-refractivity contribution < 1.29 is 13.2 Å². The van der Waals surface area contributed by atoms with Crippen LogP contribution >= 0.6 is 0 Å². The zero-order chi connectivity index (χ0) is 16.5. The lowest BCUT2D eigenvalue weighted by molar-refractivity contribution is -0.137. The van der Waals surface area contributed by atoms with E-state index in [1.807, 2.05) is 6.92 Å². The van der Waals surface area contributed by atoms with Gasteiger partial charge in [-0.25, -0.2) is 0 Å². The Kier molecular flexibility index (Phi) is 5.14. The van der Waals surface area contributed by atoms with Gasteiger partial charge in [-0.3, -0.25) is 0 Å². The summed E-state index contributed by atoms with van der Waals surface area (Å²) >= 11 is 0. The van der Waals surface area contributed by atoms with Crippen LogP contribution < -0.4 is 5.32 Å². The highest BCUT2D eigenvalue weighted by atomic mass is 19.4. The summed E-state index contributed by atoms with van der Waals surface area (Å²) in [6, 6.07) is 5.39. The van der Waals surface area contributed by atoms with E-state index >= 15 is 0 Å². The molecule has 0 aliphatic carbocycles. The molecule has 1 N–H and O–H groups in total. The molecule has 1 aromatic carbocycles. The van der Waals surface area contributed by atoms with Crippen molar-refractivity contribution in [2.45, 2.75) is 65.7 Å². The minimum Gasteiger partial charge on any atom is -0.305 e. The van der Waals surface area contributed by atoms with E-state index in [0.29, 0.717) is 0 Å². The van der Waals surface area contributed by atoms with Crippen molar-refractivity contribution in [3.05, 3.63) is 35.4 Å². The van der Waals surface area contributed by atoms with E-state index in [4.69, 9.17) is 0 Å². The highest BCUT2D eigenvalue weighted by molar-refractivity contribution is 5.26. The van der Waals surface area contributed by atoms with E-state index in [0.717, 1.165) is 24.1 Å². The highest BCUT2D eigenvalue weighted by Gasteiger charge is 2.31. The lowest BCUT2D eigenvalue weighted by atomic mass is 9.81. The first-order chi connectivity index (χ1) is 9.30. The van der Waals surface area contributed by atoms with Crippen LogP contribution in [0.4, 0.5) is 13.2 Å². The molecule has 21 heavy (non-hydrogen) atoms. The SMILES string of the molecule is CC(NC(C)(C)CC(C)(C)C)c1ccc(C(F)(F)F)cc1. The Morgan fingerprint density at radius 1 is 0.952 bits per heavy atom. The maximum Gasteiger partial charge on any atom is 0.416 e. The lowest BCUT2D eigenvalue weighted by Crippen LogP contribution is -2.43. The van der Waals surface area contributed by atoms with Crippen molar-refractivity contribution >= 4 is 0 Å². The largest absolute Gasteiger partial charge is 0.416 e. The van der Waals surface area contributed by atoms with Crippen LogP contribution in [0.15, 0.2) is 24.3 Å². The summed E-state index contributed by atoms with van der Waals surface area (Å²) in [5.74, 6) is 0. The van der Waals surface area contributed by atoms with Crippen molar-refractivity contribution in [3.63, 3.8) is 0 Å². The monoisotopic (exact) mass is 301 g/mol. The molecular weight excluding hydrogens is 275 g/mol. The summed E-state index contributed by atoms with van der Waals surface area (Å²) < 4.78 is 37.7. The molecule has 120 valence electrons. The molecule has 0 aliphatic heterocycles. The Hall–Kier alpha value is -1.03. The number of nitrogens with one attached hydrogen (secondary N) is 1. The Balaban J connectivity index is 2.78. The van der Waals surface area contributed by atoms with Crippen LogP contribution in [-0.2, 0) is 6.18 Å². The van der Waals surface area contributed by atoms with Crippen LogP contribution in [0.25, 0.3) is 0 Å². The number of halogens is 3. The number of benzene rings is 1. The lowest BCUT2D eigenvalue weighted by Gasteiger charge is -2.36. The van der Waals surface area contributed by atoms with E-state index in [2.05, 4.69) is 39.9 Å². The number of hydrogen-bond donors (Lipinski definition) is 1. The van der Waals surface area contributed by atoms with Crippen molar-refractivity contribution in [3.8, 4) is 0 Å². The van der Waals surface area contributed by atoms with E-state index in [-0.39, 0.29) is 17.0 Å². The predicted molar refractivity (Wildman–Crippen MR) is 81.1 cm³/mol. The molecule has 1 atom stereocenters. The van der Waals surface area contributed by atoms with Gasteiger partial charge in [0.15, 0.2) is 0 Å². The van der Waals surface area contributed by atoms with E-state index < -0.39 is 11.7 Å². The fourth-order valence-electron chi connectivity index (χ4n) is 3.01. The van der Waals surface area contributed by atoms with Crippen LogP contribution in [0.5, 0.6) is 0 Å². The van der Waals surface area contributed by atoms with Gasteiger partial charge in [-0.2, -0.15) is 13.2 Å². The Morgan fingerprint density at radius 3 is 1.81 bits per heavy atom. The van der Waals surface area contributed by atoms with E-state index in [1.165, 1.54) is 0 Å². The first kappa shape index (κ1) is 18.0. The molecule has 0 saturated heterocycles. The molecule has 1 aromatic rings. The van der Waals surface area contributed by atoms with Crippen LogP contribution in [0, 0.1) is 5.41 Å². The summed E-state index contributed by atoms with van der Waals surface area (Å²) in [6.07, 6.45) is -3.30. The molecule has 0 bridgehead atoms. The summed E-state index contributed by atoms with van der Waals surface area (Å²) in [4.78, 5) is 0. The smallest absolute Gasteiger partial charge is 0.305 e. The molecule has 0 heterocycles. The molecule has 0 aromatic heterocycles. The molecule has 1 nitrogen and oxygen atoms in total.